The molecule has 0 spiro atoms. The number of carbonyl (C=O) groups excluding carboxylic acids is 1. The van der Waals surface area contributed by atoms with Crippen LogP contribution in [0.3, 0.4) is 0 Å². The average molecular weight is 434 g/mol. The summed E-state index contributed by atoms with van der Waals surface area (Å²) in [4.78, 5) is 29.9. The quantitative estimate of drug-likeness (QED) is 0.433. The Hall–Kier alpha value is -2.55. The van der Waals surface area contributed by atoms with Gasteiger partial charge in [0.25, 0.3) is 5.56 Å². The Kier molecular flexibility index (Phi) is 7.13. The molecule has 1 aromatic heterocycles. The van der Waals surface area contributed by atoms with Gasteiger partial charge < -0.3 is 14.8 Å². The van der Waals surface area contributed by atoms with Crippen molar-refractivity contribution < 1.29 is 14.3 Å². The van der Waals surface area contributed by atoms with Gasteiger partial charge in [-0.25, -0.2) is 4.98 Å². The fourth-order valence-electron chi connectivity index (χ4n) is 2.73. The number of para-hydroxylation sites is 1. The Labute approximate surface area is 177 Å². The largest absolute Gasteiger partial charge is 0.495 e. The minimum Gasteiger partial charge on any atom is -0.495 e. The summed E-state index contributed by atoms with van der Waals surface area (Å²) in [5.41, 5.74) is 0.909. The van der Waals surface area contributed by atoms with E-state index in [1.54, 1.807) is 43.5 Å². The minimum atomic E-state index is -0.267. The van der Waals surface area contributed by atoms with Crippen LogP contribution < -0.4 is 15.6 Å². The highest BCUT2D eigenvalue weighted by Crippen LogP contribution is 2.28. The number of anilines is 1. The third kappa shape index (κ3) is 5.09. The van der Waals surface area contributed by atoms with Crippen molar-refractivity contribution in [3.63, 3.8) is 0 Å². The number of aromatic nitrogens is 2. The van der Waals surface area contributed by atoms with Crippen LogP contribution in [0.1, 0.15) is 0 Å². The summed E-state index contributed by atoms with van der Waals surface area (Å²) in [6.07, 6.45) is 0. The molecule has 3 rings (SSSR count). The fraction of sp³-hybridized carbons (Fsp3) is 0.250. The first-order valence-corrected chi connectivity index (χ1v) is 10.1. The predicted octanol–water partition coefficient (Wildman–Crippen LogP) is 3.44. The number of hydrogen-bond acceptors (Lipinski definition) is 6. The molecule has 1 N–H and O–H groups in total. The lowest BCUT2D eigenvalue weighted by Gasteiger charge is -2.13. The topological polar surface area (TPSA) is 82.4 Å². The van der Waals surface area contributed by atoms with E-state index in [2.05, 4.69) is 10.3 Å². The summed E-state index contributed by atoms with van der Waals surface area (Å²) in [5, 5.41) is 4.25. The molecular weight excluding hydrogens is 414 g/mol. The van der Waals surface area contributed by atoms with Crippen LogP contribution >= 0.6 is 23.4 Å². The van der Waals surface area contributed by atoms with Gasteiger partial charge in [-0.15, -0.1) is 0 Å². The van der Waals surface area contributed by atoms with Crippen molar-refractivity contribution in [2.24, 2.45) is 0 Å². The Balaban J connectivity index is 1.81. The summed E-state index contributed by atoms with van der Waals surface area (Å²) >= 11 is 7.18. The summed E-state index contributed by atoms with van der Waals surface area (Å²) < 4.78 is 11.9. The van der Waals surface area contributed by atoms with Crippen LogP contribution in [0.2, 0.25) is 5.02 Å². The number of fused-ring (bicyclic) bond motifs is 1. The van der Waals surface area contributed by atoms with Gasteiger partial charge in [-0.2, -0.15) is 0 Å². The zero-order valence-electron chi connectivity index (χ0n) is 16.0. The normalized spacial score (nSPS) is 10.9. The molecule has 9 heteroatoms. The van der Waals surface area contributed by atoms with Crippen LogP contribution in [0, 0.1) is 0 Å². The van der Waals surface area contributed by atoms with Gasteiger partial charge >= 0.3 is 0 Å². The summed E-state index contributed by atoms with van der Waals surface area (Å²) in [7, 11) is 3.08. The van der Waals surface area contributed by atoms with E-state index < -0.39 is 0 Å². The van der Waals surface area contributed by atoms with Gasteiger partial charge in [0.05, 0.1) is 42.6 Å². The van der Waals surface area contributed by atoms with E-state index in [1.165, 1.54) is 23.4 Å². The molecule has 0 atom stereocenters. The Morgan fingerprint density at radius 2 is 2.03 bits per heavy atom. The number of thioether (sulfide) groups is 1. The van der Waals surface area contributed by atoms with E-state index in [1.807, 2.05) is 6.07 Å². The van der Waals surface area contributed by atoms with Crippen molar-refractivity contribution in [1.82, 2.24) is 9.55 Å². The zero-order valence-corrected chi connectivity index (χ0v) is 17.5. The predicted molar refractivity (Wildman–Crippen MR) is 115 cm³/mol. The number of nitrogens with one attached hydrogen (secondary N) is 1. The number of halogens is 1. The van der Waals surface area contributed by atoms with Crippen molar-refractivity contribution in [1.29, 1.82) is 0 Å². The lowest BCUT2D eigenvalue weighted by molar-refractivity contribution is -0.113. The number of nitrogens with zero attached hydrogens (tertiary/aromatic N) is 2. The van der Waals surface area contributed by atoms with E-state index in [0.29, 0.717) is 45.7 Å². The first-order valence-electron chi connectivity index (χ1n) is 8.78. The molecule has 0 saturated heterocycles. The van der Waals surface area contributed by atoms with Gasteiger partial charge in [-0.3, -0.25) is 14.2 Å². The van der Waals surface area contributed by atoms with E-state index in [-0.39, 0.29) is 17.2 Å². The molecule has 0 aliphatic rings. The monoisotopic (exact) mass is 433 g/mol. The molecule has 0 unspecified atom stereocenters. The molecule has 29 heavy (non-hydrogen) atoms. The Morgan fingerprint density at radius 1 is 1.24 bits per heavy atom. The molecule has 0 radical (unpaired) electrons. The van der Waals surface area contributed by atoms with Gasteiger partial charge in [0, 0.05) is 12.1 Å². The fourth-order valence-corrected chi connectivity index (χ4v) is 3.73. The van der Waals surface area contributed by atoms with Crippen LogP contribution in [0.5, 0.6) is 5.75 Å². The van der Waals surface area contributed by atoms with Crippen molar-refractivity contribution in [3.05, 3.63) is 57.8 Å². The van der Waals surface area contributed by atoms with Crippen molar-refractivity contribution >= 4 is 45.9 Å². The maximum Gasteiger partial charge on any atom is 0.262 e. The lowest BCUT2D eigenvalue weighted by Crippen LogP contribution is -2.26. The second-order valence-corrected chi connectivity index (χ2v) is 7.42. The standard InChI is InChI=1S/C20H20ClN3O4S/c1-27-10-9-24-19(26)14-5-3-4-6-15(14)23-20(24)29-12-18(25)22-16-11-13(21)7-8-17(16)28-2/h3-8,11H,9-10,12H2,1-2H3,(H,22,25). The summed E-state index contributed by atoms with van der Waals surface area (Å²) in [5.74, 6) is 0.304. The molecular formula is C20H20ClN3O4S. The highest BCUT2D eigenvalue weighted by Gasteiger charge is 2.14. The first kappa shape index (κ1) is 21.2. The van der Waals surface area contributed by atoms with Crippen molar-refractivity contribution in [2.75, 3.05) is 31.9 Å². The molecule has 1 heterocycles. The lowest BCUT2D eigenvalue weighted by atomic mass is 10.2. The van der Waals surface area contributed by atoms with Gasteiger partial charge in [0.1, 0.15) is 5.75 Å². The molecule has 3 aromatic rings. The Bertz CT molecular complexity index is 1090. The number of benzene rings is 2. The Morgan fingerprint density at radius 3 is 2.79 bits per heavy atom. The zero-order chi connectivity index (χ0) is 20.8. The first-order chi connectivity index (χ1) is 14.0. The van der Waals surface area contributed by atoms with Gasteiger partial charge in [0.15, 0.2) is 5.16 Å². The number of carbonyl (C=O) groups is 1. The number of rotatable bonds is 8. The second kappa shape index (κ2) is 9.78. The van der Waals surface area contributed by atoms with Crippen LogP contribution in [0.25, 0.3) is 10.9 Å². The van der Waals surface area contributed by atoms with Crippen molar-refractivity contribution in [2.45, 2.75) is 11.7 Å². The van der Waals surface area contributed by atoms with Crippen LogP contribution in [0.15, 0.2) is 52.4 Å². The van der Waals surface area contributed by atoms with Crippen molar-refractivity contribution in [3.8, 4) is 5.75 Å². The van der Waals surface area contributed by atoms with Crippen LogP contribution in [0.4, 0.5) is 5.69 Å². The molecule has 2 aromatic carbocycles. The highest BCUT2D eigenvalue weighted by atomic mass is 35.5. The van der Waals surface area contributed by atoms with Crippen LogP contribution in [-0.2, 0) is 16.1 Å². The minimum absolute atomic E-state index is 0.0629. The average Bonchev–Trinajstić information content (AvgIpc) is 2.72. The number of amides is 1. The SMILES string of the molecule is COCCn1c(SCC(=O)Nc2cc(Cl)ccc2OC)nc2ccccc2c1=O. The molecule has 0 bridgehead atoms. The van der Waals surface area contributed by atoms with Crippen LogP contribution in [-0.4, -0.2) is 42.0 Å². The molecule has 0 saturated carbocycles. The smallest absolute Gasteiger partial charge is 0.262 e. The van der Waals surface area contributed by atoms with E-state index >= 15 is 0 Å². The number of ether oxygens (including phenoxy) is 2. The molecule has 1 amide bonds. The van der Waals surface area contributed by atoms with E-state index in [0.717, 1.165) is 0 Å². The molecule has 0 aliphatic carbocycles. The third-order valence-electron chi connectivity index (χ3n) is 4.11. The van der Waals surface area contributed by atoms with Gasteiger partial charge in [0.2, 0.25) is 5.91 Å². The maximum absolute atomic E-state index is 12.8. The molecule has 0 fully saturated rings. The molecule has 0 aliphatic heterocycles. The summed E-state index contributed by atoms with van der Waals surface area (Å²) in [6.45, 7) is 0.707. The second-order valence-electron chi connectivity index (χ2n) is 6.04. The molecule has 7 nitrogen and oxygen atoms in total. The van der Waals surface area contributed by atoms with Gasteiger partial charge in [-0.1, -0.05) is 35.5 Å². The highest BCUT2D eigenvalue weighted by molar-refractivity contribution is 7.99. The summed E-state index contributed by atoms with van der Waals surface area (Å²) in [6, 6.07) is 12.1. The number of methoxy groups -OCH3 is 2. The van der Waals surface area contributed by atoms with E-state index in [4.69, 9.17) is 21.1 Å². The third-order valence-corrected chi connectivity index (χ3v) is 5.33. The number of hydrogen-bond donors (Lipinski definition) is 1. The van der Waals surface area contributed by atoms with E-state index in [9.17, 15) is 9.59 Å². The van der Waals surface area contributed by atoms with Gasteiger partial charge in [-0.05, 0) is 30.3 Å². The maximum atomic E-state index is 12.8. The molecule has 152 valence electrons.